The van der Waals surface area contributed by atoms with Crippen molar-refractivity contribution in [1.29, 1.82) is 0 Å². The molecule has 0 atom stereocenters. The smallest absolute Gasteiger partial charge is 0.352 e. The molecule has 2 rings (SSSR count). The van der Waals surface area contributed by atoms with Crippen molar-refractivity contribution in [3.8, 4) is 0 Å². The summed E-state index contributed by atoms with van der Waals surface area (Å²) >= 11 is 0. The van der Waals surface area contributed by atoms with E-state index in [2.05, 4.69) is 13.8 Å². The number of benzene rings is 1. The Labute approximate surface area is 140 Å². The van der Waals surface area contributed by atoms with Crippen LogP contribution in [0.15, 0.2) is 24.3 Å². The molecule has 0 amide bonds. The minimum atomic E-state index is -4.38. The normalized spacial score (nSPS) is 18.5. The van der Waals surface area contributed by atoms with Crippen LogP contribution in [-0.4, -0.2) is 25.3 Å². The first-order chi connectivity index (χ1) is 11.2. The molecule has 3 nitrogen and oxygen atoms in total. The number of hydrogen-bond donors (Lipinski definition) is 0. The van der Waals surface area contributed by atoms with Crippen molar-refractivity contribution in [3.05, 3.63) is 35.4 Å². The molecule has 1 aromatic carbocycles. The Morgan fingerprint density at radius 3 is 2.25 bits per heavy atom. The number of carbonyl (C=O) groups is 1. The second-order valence-corrected chi connectivity index (χ2v) is 6.96. The van der Waals surface area contributed by atoms with Crippen molar-refractivity contribution in [2.24, 2.45) is 5.41 Å². The monoisotopic (exact) mass is 344 g/mol. The number of rotatable bonds is 6. The fraction of sp³-hybridized carbons (Fsp3) is 0.611. The number of alkyl halides is 3. The topological polar surface area (TPSA) is 35.5 Å². The molecule has 0 radical (unpaired) electrons. The minimum Gasteiger partial charge on any atom is -0.352 e. The fourth-order valence-electron chi connectivity index (χ4n) is 2.48. The van der Waals surface area contributed by atoms with E-state index in [1.54, 1.807) is 0 Å². The van der Waals surface area contributed by atoms with E-state index in [4.69, 9.17) is 9.47 Å². The SMILES string of the molecule is CC1(C)COC(CCCCC(=O)c2ccc(C(F)(F)F)cc2)OC1. The highest BCUT2D eigenvalue weighted by molar-refractivity contribution is 5.96. The lowest BCUT2D eigenvalue weighted by molar-refractivity contribution is -0.224. The van der Waals surface area contributed by atoms with E-state index in [0.717, 1.165) is 25.0 Å². The van der Waals surface area contributed by atoms with Crippen LogP contribution in [0.25, 0.3) is 0 Å². The molecule has 24 heavy (non-hydrogen) atoms. The van der Waals surface area contributed by atoms with Crippen LogP contribution in [0.1, 0.15) is 55.5 Å². The number of halogens is 3. The third kappa shape index (κ3) is 5.60. The van der Waals surface area contributed by atoms with Gasteiger partial charge in [-0.25, -0.2) is 0 Å². The Morgan fingerprint density at radius 2 is 1.71 bits per heavy atom. The van der Waals surface area contributed by atoms with Gasteiger partial charge in [0.25, 0.3) is 0 Å². The average Bonchev–Trinajstić information content (AvgIpc) is 2.52. The molecule has 1 fully saturated rings. The number of hydrogen-bond acceptors (Lipinski definition) is 3. The Bertz CT molecular complexity index is 540. The molecule has 6 heteroatoms. The zero-order chi connectivity index (χ0) is 17.8. The summed E-state index contributed by atoms with van der Waals surface area (Å²) < 4.78 is 48.7. The van der Waals surface area contributed by atoms with Crippen LogP contribution in [0.3, 0.4) is 0 Å². The summed E-state index contributed by atoms with van der Waals surface area (Å²) in [5.74, 6) is -0.143. The van der Waals surface area contributed by atoms with Gasteiger partial charge in [-0.3, -0.25) is 4.79 Å². The molecule has 1 aliphatic heterocycles. The van der Waals surface area contributed by atoms with Crippen molar-refractivity contribution < 1.29 is 27.4 Å². The van der Waals surface area contributed by atoms with Crippen LogP contribution in [0.4, 0.5) is 13.2 Å². The number of ether oxygens (including phenoxy) is 2. The van der Waals surface area contributed by atoms with E-state index in [1.165, 1.54) is 12.1 Å². The van der Waals surface area contributed by atoms with Crippen molar-refractivity contribution in [2.45, 2.75) is 52.0 Å². The maximum atomic E-state index is 12.5. The van der Waals surface area contributed by atoms with Gasteiger partial charge in [-0.05, 0) is 31.4 Å². The largest absolute Gasteiger partial charge is 0.416 e. The van der Waals surface area contributed by atoms with Gasteiger partial charge in [-0.1, -0.05) is 26.0 Å². The average molecular weight is 344 g/mol. The first kappa shape index (κ1) is 18.9. The van der Waals surface area contributed by atoms with Crippen LogP contribution >= 0.6 is 0 Å². The van der Waals surface area contributed by atoms with Gasteiger partial charge in [0.15, 0.2) is 12.1 Å². The first-order valence-corrected chi connectivity index (χ1v) is 8.11. The second-order valence-electron chi connectivity index (χ2n) is 6.96. The standard InChI is InChI=1S/C18H23F3O3/c1-17(2)11-23-16(24-12-17)6-4-3-5-15(22)13-7-9-14(10-8-13)18(19,20)21/h7-10,16H,3-6,11-12H2,1-2H3. The summed E-state index contributed by atoms with van der Waals surface area (Å²) in [5.41, 5.74) is -0.391. The van der Waals surface area contributed by atoms with Crippen molar-refractivity contribution >= 4 is 5.78 Å². The van der Waals surface area contributed by atoms with Gasteiger partial charge in [-0.2, -0.15) is 13.2 Å². The zero-order valence-corrected chi connectivity index (χ0v) is 14.0. The molecule has 0 bridgehead atoms. The van der Waals surface area contributed by atoms with Crippen LogP contribution in [0, 0.1) is 5.41 Å². The Balaban J connectivity index is 1.70. The van der Waals surface area contributed by atoms with E-state index in [1.807, 2.05) is 0 Å². The van der Waals surface area contributed by atoms with Crippen LogP contribution < -0.4 is 0 Å². The molecule has 0 N–H and O–H groups in total. The van der Waals surface area contributed by atoms with E-state index in [0.29, 0.717) is 31.6 Å². The predicted molar refractivity (Wildman–Crippen MR) is 83.7 cm³/mol. The highest BCUT2D eigenvalue weighted by Gasteiger charge is 2.30. The molecule has 1 aromatic rings. The lowest BCUT2D eigenvalue weighted by Gasteiger charge is -2.34. The molecule has 134 valence electrons. The molecule has 1 saturated heterocycles. The third-order valence-electron chi connectivity index (χ3n) is 3.95. The van der Waals surface area contributed by atoms with Gasteiger partial charge in [-0.15, -0.1) is 0 Å². The molecule has 1 heterocycles. The van der Waals surface area contributed by atoms with E-state index >= 15 is 0 Å². The molecule has 0 unspecified atom stereocenters. The van der Waals surface area contributed by atoms with E-state index in [-0.39, 0.29) is 17.5 Å². The van der Waals surface area contributed by atoms with Gasteiger partial charge < -0.3 is 9.47 Å². The number of carbonyl (C=O) groups excluding carboxylic acids is 1. The Kier molecular flexibility index (Phi) is 6.04. The number of ketones is 1. The summed E-state index contributed by atoms with van der Waals surface area (Å²) in [7, 11) is 0. The maximum absolute atomic E-state index is 12.5. The zero-order valence-electron chi connectivity index (χ0n) is 14.0. The van der Waals surface area contributed by atoms with Crippen LogP contribution in [0.2, 0.25) is 0 Å². The Morgan fingerprint density at radius 1 is 1.12 bits per heavy atom. The van der Waals surface area contributed by atoms with Gasteiger partial charge in [0.05, 0.1) is 18.8 Å². The molecule has 0 aliphatic carbocycles. The molecule has 1 aliphatic rings. The van der Waals surface area contributed by atoms with Crippen molar-refractivity contribution in [3.63, 3.8) is 0 Å². The van der Waals surface area contributed by atoms with Crippen molar-refractivity contribution in [2.75, 3.05) is 13.2 Å². The molecule has 0 saturated carbocycles. The lowest BCUT2D eigenvalue weighted by Crippen LogP contribution is -2.37. The molecular formula is C18H23F3O3. The highest BCUT2D eigenvalue weighted by atomic mass is 19.4. The number of unbranched alkanes of at least 4 members (excludes halogenated alkanes) is 1. The van der Waals surface area contributed by atoms with Crippen LogP contribution in [0.5, 0.6) is 0 Å². The Hall–Kier alpha value is -1.40. The maximum Gasteiger partial charge on any atom is 0.416 e. The van der Waals surface area contributed by atoms with Gasteiger partial charge in [0.2, 0.25) is 0 Å². The second kappa shape index (κ2) is 7.66. The third-order valence-corrected chi connectivity index (χ3v) is 3.95. The summed E-state index contributed by atoms with van der Waals surface area (Å²) in [6.45, 7) is 5.46. The minimum absolute atomic E-state index is 0.0367. The molecule has 0 aromatic heterocycles. The van der Waals surface area contributed by atoms with Crippen LogP contribution in [-0.2, 0) is 15.7 Å². The van der Waals surface area contributed by atoms with Crippen molar-refractivity contribution in [1.82, 2.24) is 0 Å². The predicted octanol–water partition coefficient (Wildman–Crippen LogP) is 4.85. The summed E-state index contributed by atoms with van der Waals surface area (Å²) in [6, 6.07) is 4.36. The molecule has 0 spiro atoms. The lowest BCUT2D eigenvalue weighted by atomic mass is 9.95. The van der Waals surface area contributed by atoms with Gasteiger partial charge in [0, 0.05) is 17.4 Å². The van der Waals surface area contributed by atoms with E-state index < -0.39 is 11.7 Å². The number of Topliss-reactive ketones (excluding diaryl/α,β-unsaturated/α-hetero) is 1. The first-order valence-electron chi connectivity index (χ1n) is 8.11. The highest BCUT2D eigenvalue weighted by Crippen LogP contribution is 2.29. The van der Waals surface area contributed by atoms with Gasteiger partial charge in [0.1, 0.15) is 0 Å². The molecular weight excluding hydrogens is 321 g/mol. The van der Waals surface area contributed by atoms with Gasteiger partial charge >= 0.3 is 6.18 Å². The van der Waals surface area contributed by atoms with E-state index in [9.17, 15) is 18.0 Å². The summed E-state index contributed by atoms with van der Waals surface area (Å²) in [4.78, 5) is 12.0. The fourth-order valence-corrected chi connectivity index (χ4v) is 2.48. The quantitative estimate of drug-likeness (QED) is 0.547. The summed E-state index contributed by atoms with van der Waals surface area (Å²) in [6.07, 6.45) is -2.14. The summed E-state index contributed by atoms with van der Waals surface area (Å²) in [5, 5.41) is 0.